The molecule has 0 aromatic carbocycles. The van der Waals surface area contributed by atoms with Crippen molar-refractivity contribution in [1.82, 2.24) is 0 Å². The van der Waals surface area contributed by atoms with Crippen molar-refractivity contribution < 1.29 is 28.5 Å². The van der Waals surface area contributed by atoms with E-state index >= 15 is 0 Å². The molecule has 0 spiro atoms. The lowest BCUT2D eigenvalue weighted by Crippen LogP contribution is -2.59. The predicted octanol–water partition coefficient (Wildman–Crippen LogP) is 0.928. The molecule has 0 aromatic heterocycles. The molecule has 2 bridgehead atoms. The first-order chi connectivity index (χ1) is 9.12. The van der Waals surface area contributed by atoms with Crippen LogP contribution in [0, 0.1) is 0 Å². The van der Waals surface area contributed by atoms with Gasteiger partial charge in [0.1, 0.15) is 12.2 Å². The van der Waals surface area contributed by atoms with Gasteiger partial charge in [-0.3, -0.25) is 9.59 Å². The number of hydrogen-bond acceptors (Lipinski definition) is 6. The molecule has 4 atom stereocenters. The fourth-order valence-electron chi connectivity index (χ4n) is 3.55. The minimum Gasteiger partial charge on any atom is -0.350 e. The molecule has 3 aliphatic rings. The summed E-state index contributed by atoms with van der Waals surface area (Å²) in [5, 5.41) is 0. The van der Waals surface area contributed by atoms with E-state index in [2.05, 4.69) is 31.9 Å². The number of fused-ring (bicyclic) bond motifs is 5. The van der Waals surface area contributed by atoms with Crippen molar-refractivity contribution in [2.75, 3.05) is 14.2 Å². The van der Waals surface area contributed by atoms with Crippen molar-refractivity contribution in [1.29, 1.82) is 0 Å². The van der Waals surface area contributed by atoms with E-state index in [1.165, 1.54) is 14.2 Å². The third-order valence-corrected chi connectivity index (χ3v) is 6.95. The largest absolute Gasteiger partial charge is 0.350 e. The summed E-state index contributed by atoms with van der Waals surface area (Å²) in [7, 11) is 2.77. The van der Waals surface area contributed by atoms with Crippen LogP contribution in [-0.4, -0.2) is 58.2 Å². The zero-order valence-corrected chi connectivity index (χ0v) is 14.5. The first-order valence-corrected chi connectivity index (χ1v) is 7.64. The number of halogens is 2. The monoisotopic (exact) mass is 412 g/mol. The number of methoxy groups -OCH3 is 2. The van der Waals surface area contributed by atoms with Gasteiger partial charge in [-0.05, 0) is 13.8 Å². The zero-order valence-electron chi connectivity index (χ0n) is 11.4. The summed E-state index contributed by atoms with van der Waals surface area (Å²) in [6, 6.07) is 0. The molecule has 1 heterocycles. The Morgan fingerprint density at radius 3 is 1.60 bits per heavy atom. The highest BCUT2D eigenvalue weighted by Crippen LogP contribution is 2.68. The van der Waals surface area contributed by atoms with Gasteiger partial charge in [0.15, 0.2) is 14.4 Å². The van der Waals surface area contributed by atoms with Crippen LogP contribution in [0.5, 0.6) is 0 Å². The van der Waals surface area contributed by atoms with Crippen molar-refractivity contribution in [2.24, 2.45) is 0 Å². The molecule has 0 unspecified atom stereocenters. The summed E-state index contributed by atoms with van der Waals surface area (Å²) in [6.07, 6.45) is -1.39. The van der Waals surface area contributed by atoms with E-state index in [9.17, 15) is 9.59 Å². The molecule has 0 N–H and O–H groups in total. The van der Waals surface area contributed by atoms with Gasteiger partial charge in [0, 0.05) is 14.2 Å². The lowest BCUT2D eigenvalue weighted by Gasteiger charge is -2.40. The number of rotatable bonds is 2. The van der Waals surface area contributed by atoms with Crippen LogP contribution in [0.3, 0.4) is 0 Å². The van der Waals surface area contributed by atoms with Gasteiger partial charge in [0.05, 0.1) is 0 Å². The molecule has 1 saturated heterocycles. The van der Waals surface area contributed by atoms with Gasteiger partial charge in [-0.2, -0.15) is 0 Å². The molecule has 8 heteroatoms. The van der Waals surface area contributed by atoms with Crippen LogP contribution >= 0.6 is 31.9 Å². The van der Waals surface area contributed by atoms with E-state index in [4.69, 9.17) is 18.9 Å². The average Bonchev–Trinajstić information content (AvgIpc) is 2.84. The maximum absolute atomic E-state index is 12.5. The van der Waals surface area contributed by atoms with E-state index in [-0.39, 0.29) is 0 Å². The highest BCUT2D eigenvalue weighted by atomic mass is 79.9. The van der Waals surface area contributed by atoms with Crippen LogP contribution in [0.1, 0.15) is 13.8 Å². The Morgan fingerprint density at radius 2 is 1.30 bits per heavy atom. The maximum Gasteiger partial charge on any atom is 0.225 e. The normalized spacial score (nSPS) is 47.9. The minimum atomic E-state index is -1.53. The van der Waals surface area contributed by atoms with Crippen molar-refractivity contribution >= 4 is 43.4 Å². The zero-order chi connectivity index (χ0) is 15.1. The number of carbonyl (C=O) groups excluding carboxylic acids is 2. The third-order valence-electron chi connectivity index (χ3n) is 4.28. The standard InChI is InChI=1S/C12H14Br2O6/c1-9(2)19-7-8(20-9)11(14)6(16)5(15)10(7,13)12(11,17-3)18-4/h7-8H,1-4H3/t7-,8+,10+,11-. The molecule has 2 aliphatic carbocycles. The fourth-order valence-corrected chi connectivity index (χ4v) is 6.11. The maximum atomic E-state index is 12.5. The number of ether oxygens (including phenoxy) is 4. The smallest absolute Gasteiger partial charge is 0.225 e. The lowest BCUT2D eigenvalue weighted by atomic mass is 9.92. The topological polar surface area (TPSA) is 71.1 Å². The Morgan fingerprint density at radius 1 is 0.950 bits per heavy atom. The van der Waals surface area contributed by atoms with E-state index in [1.807, 2.05) is 0 Å². The van der Waals surface area contributed by atoms with Gasteiger partial charge in [0.25, 0.3) is 0 Å². The Bertz CT molecular complexity index is 476. The molecule has 0 amide bonds. The number of carbonyl (C=O) groups is 2. The second-order valence-corrected chi connectivity index (χ2v) is 8.09. The Labute approximate surface area is 132 Å². The number of Topliss-reactive ketones (excluding diaryl/α,β-unsaturated/α-hetero) is 2. The van der Waals surface area contributed by atoms with Crippen LogP contribution in [0.2, 0.25) is 0 Å². The second kappa shape index (κ2) is 3.91. The molecule has 6 nitrogen and oxygen atoms in total. The first kappa shape index (κ1) is 15.1. The van der Waals surface area contributed by atoms with Crippen LogP contribution in [0.15, 0.2) is 0 Å². The van der Waals surface area contributed by atoms with Crippen molar-refractivity contribution in [3.8, 4) is 0 Å². The van der Waals surface area contributed by atoms with Gasteiger partial charge >= 0.3 is 0 Å². The molecule has 3 fully saturated rings. The lowest BCUT2D eigenvalue weighted by molar-refractivity contribution is -0.245. The molecule has 3 rings (SSSR count). The molecular formula is C12H14Br2O6. The molecule has 20 heavy (non-hydrogen) atoms. The summed E-state index contributed by atoms with van der Waals surface area (Å²) in [5.74, 6) is -3.70. The number of alkyl halides is 2. The van der Waals surface area contributed by atoms with Crippen molar-refractivity contribution in [3.05, 3.63) is 0 Å². The van der Waals surface area contributed by atoms with Crippen LogP contribution < -0.4 is 0 Å². The van der Waals surface area contributed by atoms with Gasteiger partial charge in [-0.15, -0.1) is 0 Å². The van der Waals surface area contributed by atoms with Crippen molar-refractivity contribution in [2.45, 2.75) is 46.3 Å². The number of ketones is 2. The minimum absolute atomic E-state index is 0.638. The molecule has 0 aromatic rings. The fraction of sp³-hybridized carbons (Fsp3) is 0.833. The molecule has 0 radical (unpaired) electrons. The Kier molecular flexibility index (Phi) is 2.94. The van der Waals surface area contributed by atoms with E-state index in [0.29, 0.717) is 0 Å². The predicted molar refractivity (Wildman–Crippen MR) is 73.9 cm³/mol. The van der Waals surface area contributed by atoms with E-state index in [1.54, 1.807) is 13.8 Å². The number of hydrogen-bond donors (Lipinski definition) is 0. The first-order valence-electron chi connectivity index (χ1n) is 6.05. The average molecular weight is 414 g/mol. The quantitative estimate of drug-likeness (QED) is 0.381. The van der Waals surface area contributed by atoms with E-state index < -0.39 is 44.0 Å². The Hall–Kier alpha value is 0.140. The summed E-state index contributed by atoms with van der Waals surface area (Å²) < 4.78 is 19.7. The van der Waals surface area contributed by atoms with Crippen LogP contribution in [0.4, 0.5) is 0 Å². The summed E-state index contributed by atoms with van der Waals surface area (Å²) >= 11 is 6.75. The molecular weight excluding hydrogens is 400 g/mol. The van der Waals surface area contributed by atoms with Gasteiger partial charge < -0.3 is 18.9 Å². The summed E-state index contributed by atoms with van der Waals surface area (Å²) in [6.45, 7) is 3.46. The molecule has 1 aliphatic heterocycles. The SMILES string of the molecule is COC1(OC)[C@@]2(Br)C(=O)C(=O)[C@]1(Br)[C@@H]1OC(C)(C)O[C@@H]12. The van der Waals surface area contributed by atoms with Crippen molar-refractivity contribution in [3.63, 3.8) is 0 Å². The van der Waals surface area contributed by atoms with Gasteiger partial charge in [-0.1, -0.05) is 31.9 Å². The van der Waals surface area contributed by atoms with Crippen LogP contribution in [-0.2, 0) is 28.5 Å². The summed E-state index contributed by atoms with van der Waals surface area (Å²) in [5.41, 5.74) is 0. The van der Waals surface area contributed by atoms with Gasteiger partial charge in [0.2, 0.25) is 17.4 Å². The summed E-state index contributed by atoms with van der Waals surface area (Å²) in [4.78, 5) is 24.9. The Balaban J connectivity index is 2.26. The molecule has 112 valence electrons. The highest BCUT2D eigenvalue weighted by molar-refractivity contribution is 9.11. The van der Waals surface area contributed by atoms with Crippen LogP contribution in [0.25, 0.3) is 0 Å². The van der Waals surface area contributed by atoms with Gasteiger partial charge in [-0.25, -0.2) is 0 Å². The third kappa shape index (κ3) is 1.22. The van der Waals surface area contributed by atoms with E-state index in [0.717, 1.165) is 0 Å². The highest BCUT2D eigenvalue weighted by Gasteiger charge is 2.92. The molecule has 2 saturated carbocycles. The second-order valence-electron chi connectivity index (χ2n) is 5.58.